The molecule has 0 amide bonds. The zero-order chi connectivity index (χ0) is 19.5. The van der Waals surface area contributed by atoms with E-state index in [2.05, 4.69) is 16.3 Å². The van der Waals surface area contributed by atoms with Gasteiger partial charge < -0.3 is 24.8 Å². The largest absolute Gasteiger partial charge is 0.492 e. The molecule has 0 bridgehead atoms. The molecule has 2 aromatic rings. The second kappa shape index (κ2) is 8.32. The molecule has 0 aromatic heterocycles. The second-order valence-electron chi connectivity index (χ2n) is 7.14. The van der Waals surface area contributed by atoms with E-state index in [1.807, 2.05) is 18.2 Å². The number of ether oxygens (including phenoxy) is 1. The van der Waals surface area contributed by atoms with Gasteiger partial charge in [0.2, 0.25) is 0 Å². The number of piperazine rings is 1. The molecule has 1 atom stereocenters. The van der Waals surface area contributed by atoms with Gasteiger partial charge in [0.25, 0.3) is 0 Å². The summed E-state index contributed by atoms with van der Waals surface area (Å²) in [5.41, 5.74) is 2.43. The van der Waals surface area contributed by atoms with Crippen LogP contribution in [0.4, 0.5) is 0 Å². The van der Waals surface area contributed by atoms with Gasteiger partial charge in [-0.2, -0.15) is 0 Å². The lowest BCUT2D eigenvalue weighted by molar-refractivity contribution is -0.138. The molecule has 1 saturated heterocycles. The van der Waals surface area contributed by atoms with Crippen molar-refractivity contribution >= 4 is 18.6 Å². The molecule has 0 radical (unpaired) electrons. The monoisotopic (exact) mass is 382 g/mol. The molecule has 146 valence electrons. The first kappa shape index (κ1) is 19.0. The number of aliphatic carboxylic acids is 1. The first-order valence-electron chi connectivity index (χ1n) is 9.47. The normalized spacial score (nSPS) is 19.5. The van der Waals surface area contributed by atoms with Crippen LogP contribution < -0.4 is 15.5 Å². The summed E-state index contributed by atoms with van der Waals surface area (Å²) >= 11 is 0. The molecule has 2 aliphatic heterocycles. The van der Waals surface area contributed by atoms with Crippen molar-refractivity contribution in [3.05, 3.63) is 53.6 Å². The third kappa shape index (κ3) is 4.36. The smallest absolute Gasteiger partial charge is 0.481 e. The Bertz CT molecular complexity index is 856. The number of carbonyl (C=O) groups is 1. The molecule has 2 heterocycles. The zero-order valence-electron chi connectivity index (χ0n) is 15.5. The molecular weight excluding hydrogens is 359 g/mol. The average Bonchev–Trinajstić information content (AvgIpc) is 2.97. The Morgan fingerprint density at radius 3 is 2.79 bits per heavy atom. The molecule has 2 aromatic carbocycles. The number of benzene rings is 2. The summed E-state index contributed by atoms with van der Waals surface area (Å²) in [5.74, 6) is 0.339. The second-order valence-corrected chi connectivity index (χ2v) is 7.14. The number of nitrogens with one attached hydrogen (secondary N) is 1. The third-order valence-electron chi connectivity index (χ3n) is 5.07. The van der Waals surface area contributed by atoms with Crippen LogP contribution in [0.15, 0.2) is 42.5 Å². The molecule has 4 rings (SSSR count). The summed E-state index contributed by atoms with van der Waals surface area (Å²) in [4.78, 5) is 13.4. The Morgan fingerprint density at radius 1 is 1.21 bits per heavy atom. The molecule has 28 heavy (non-hydrogen) atoms. The summed E-state index contributed by atoms with van der Waals surface area (Å²) in [6.07, 6.45) is -0.822. The summed E-state index contributed by atoms with van der Waals surface area (Å²) < 4.78 is 11.3. The highest BCUT2D eigenvalue weighted by atomic mass is 16.5. The number of rotatable bonds is 6. The fourth-order valence-electron chi connectivity index (χ4n) is 3.71. The van der Waals surface area contributed by atoms with E-state index < -0.39 is 19.2 Å². The molecule has 3 N–H and O–H groups in total. The predicted molar refractivity (Wildman–Crippen MR) is 105 cm³/mol. The van der Waals surface area contributed by atoms with Crippen LogP contribution in [0.25, 0.3) is 0 Å². The maximum absolute atomic E-state index is 11.0. The molecular formula is C20H23BN2O5. The highest BCUT2D eigenvalue weighted by Crippen LogP contribution is 2.30. The van der Waals surface area contributed by atoms with Crippen molar-refractivity contribution in [3.63, 3.8) is 0 Å². The van der Waals surface area contributed by atoms with Crippen molar-refractivity contribution in [1.29, 1.82) is 0 Å². The Balaban J connectivity index is 1.47. The maximum Gasteiger partial charge on any atom is 0.492 e. The van der Waals surface area contributed by atoms with Crippen molar-refractivity contribution in [1.82, 2.24) is 10.2 Å². The Labute approximate surface area is 164 Å². The van der Waals surface area contributed by atoms with E-state index in [-0.39, 0.29) is 6.42 Å². The van der Waals surface area contributed by atoms with Gasteiger partial charge in [-0.15, -0.1) is 0 Å². The quantitative estimate of drug-likeness (QED) is 0.645. The summed E-state index contributed by atoms with van der Waals surface area (Å²) in [6.45, 7) is 4.97. The van der Waals surface area contributed by atoms with E-state index in [1.165, 1.54) is 5.56 Å². The number of carboxylic acids is 1. The lowest BCUT2D eigenvalue weighted by Gasteiger charge is -2.27. The minimum absolute atomic E-state index is 0.182. The van der Waals surface area contributed by atoms with Gasteiger partial charge in [0.05, 0.1) is 12.5 Å². The van der Waals surface area contributed by atoms with Crippen LogP contribution in [-0.2, 0) is 16.0 Å². The topological polar surface area (TPSA) is 91.3 Å². The van der Waals surface area contributed by atoms with E-state index in [0.717, 1.165) is 38.5 Å². The number of carboxylic acid groups (broad SMARTS) is 1. The van der Waals surface area contributed by atoms with Crippen LogP contribution in [0, 0.1) is 0 Å². The molecule has 1 unspecified atom stereocenters. The Kier molecular flexibility index (Phi) is 5.63. The van der Waals surface area contributed by atoms with Gasteiger partial charge in [-0.25, -0.2) is 0 Å². The number of hydrogen-bond acceptors (Lipinski definition) is 6. The van der Waals surface area contributed by atoms with Gasteiger partial charge in [0.1, 0.15) is 11.5 Å². The molecule has 1 fully saturated rings. The van der Waals surface area contributed by atoms with Gasteiger partial charge in [-0.1, -0.05) is 18.2 Å². The Hall–Kier alpha value is -2.39. The summed E-state index contributed by atoms with van der Waals surface area (Å²) in [5, 5.41) is 22.4. The van der Waals surface area contributed by atoms with Gasteiger partial charge in [-0.3, -0.25) is 9.69 Å². The first-order valence-corrected chi connectivity index (χ1v) is 9.47. The lowest BCUT2D eigenvalue weighted by Crippen LogP contribution is -2.42. The summed E-state index contributed by atoms with van der Waals surface area (Å²) in [7, 11) is -1.14. The SMILES string of the molecule is O=C(O)CC1OB(O)c2cc(Oc3cccc(CN4CCNCC4)c3)ccc21. The van der Waals surface area contributed by atoms with Crippen LogP contribution >= 0.6 is 0 Å². The average molecular weight is 382 g/mol. The number of nitrogens with zero attached hydrogens (tertiary/aromatic N) is 1. The minimum atomic E-state index is -1.14. The highest BCUT2D eigenvalue weighted by molar-refractivity contribution is 6.61. The fraction of sp³-hybridized carbons (Fsp3) is 0.350. The molecule has 2 aliphatic rings. The van der Waals surface area contributed by atoms with Crippen LogP contribution in [-0.4, -0.2) is 54.3 Å². The van der Waals surface area contributed by atoms with Gasteiger partial charge in [0, 0.05) is 32.7 Å². The van der Waals surface area contributed by atoms with Gasteiger partial charge in [-0.05, 0) is 40.9 Å². The predicted octanol–water partition coefficient (Wildman–Crippen LogP) is 1.12. The van der Waals surface area contributed by atoms with Crippen molar-refractivity contribution < 1.29 is 24.3 Å². The van der Waals surface area contributed by atoms with E-state index in [9.17, 15) is 9.82 Å². The van der Waals surface area contributed by atoms with Gasteiger partial charge >= 0.3 is 13.1 Å². The third-order valence-corrected chi connectivity index (χ3v) is 5.07. The Morgan fingerprint density at radius 2 is 2.00 bits per heavy atom. The number of fused-ring (bicyclic) bond motifs is 1. The first-order chi connectivity index (χ1) is 13.6. The van der Waals surface area contributed by atoms with Crippen molar-refractivity contribution in [2.24, 2.45) is 0 Å². The molecule has 0 saturated carbocycles. The van der Waals surface area contributed by atoms with Crippen LogP contribution in [0.1, 0.15) is 23.7 Å². The lowest BCUT2D eigenvalue weighted by atomic mass is 9.79. The maximum atomic E-state index is 11.0. The molecule has 8 heteroatoms. The zero-order valence-corrected chi connectivity index (χ0v) is 15.5. The van der Waals surface area contributed by atoms with E-state index in [4.69, 9.17) is 14.5 Å². The van der Waals surface area contributed by atoms with E-state index >= 15 is 0 Å². The van der Waals surface area contributed by atoms with Crippen molar-refractivity contribution in [3.8, 4) is 11.5 Å². The summed E-state index contributed by atoms with van der Waals surface area (Å²) in [6, 6.07) is 13.2. The van der Waals surface area contributed by atoms with Crippen LogP contribution in [0.5, 0.6) is 11.5 Å². The minimum Gasteiger partial charge on any atom is -0.481 e. The van der Waals surface area contributed by atoms with Gasteiger partial charge in [0.15, 0.2) is 0 Å². The fourth-order valence-corrected chi connectivity index (χ4v) is 3.71. The van der Waals surface area contributed by atoms with Crippen LogP contribution in [0.2, 0.25) is 0 Å². The van der Waals surface area contributed by atoms with Crippen LogP contribution in [0.3, 0.4) is 0 Å². The molecule has 7 nitrogen and oxygen atoms in total. The molecule has 0 spiro atoms. The molecule has 0 aliphatic carbocycles. The van der Waals surface area contributed by atoms with Crippen molar-refractivity contribution in [2.75, 3.05) is 26.2 Å². The standard InChI is InChI=1S/C20H23BN2O5/c24-20(25)12-19-17-5-4-16(11-18(17)21(26)28-19)27-15-3-1-2-14(10-15)13-23-8-6-22-7-9-23/h1-5,10-11,19,22,26H,6-9,12-13H2,(H,24,25). The highest BCUT2D eigenvalue weighted by Gasteiger charge is 2.36. The van der Waals surface area contributed by atoms with E-state index in [1.54, 1.807) is 18.2 Å². The number of hydrogen-bond donors (Lipinski definition) is 3. The van der Waals surface area contributed by atoms with E-state index in [0.29, 0.717) is 16.8 Å². The van der Waals surface area contributed by atoms with Crippen molar-refractivity contribution in [2.45, 2.75) is 19.1 Å².